The number of benzene rings is 1. The summed E-state index contributed by atoms with van der Waals surface area (Å²) in [7, 11) is 0. The van der Waals surface area contributed by atoms with Gasteiger partial charge in [-0.1, -0.05) is 58.1 Å². The highest BCUT2D eigenvalue weighted by molar-refractivity contribution is 6.33. The molecule has 1 heterocycles. The van der Waals surface area contributed by atoms with Crippen LogP contribution in [0.25, 0.3) is 5.69 Å². The first-order chi connectivity index (χ1) is 16.4. The number of nitrogens with zero attached hydrogens (tertiary/aromatic N) is 3. The first-order valence-electron chi connectivity index (χ1n) is 12.1. The van der Waals surface area contributed by atoms with Crippen molar-refractivity contribution in [3.8, 4) is 5.69 Å². The number of amides is 1. The number of hydrogen-bond acceptors (Lipinski definition) is 6. The minimum Gasteiger partial charge on any atom is -0.396 e. The Morgan fingerprint density at radius 2 is 1.86 bits per heavy atom. The molecule has 3 N–H and O–H groups in total. The van der Waals surface area contributed by atoms with Gasteiger partial charge in [0.15, 0.2) is 0 Å². The normalized spacial score (nSPS) is 17.0. The number of aliphatic hydroxyl groups excluding tert-OH is 1. The molecule has 2 aromatic rings. The van der Waals surface area contributed by atoms with Crippen LogP contribution in [0.3, 0.4) is 0 Å². The predicted molar refractivity (Wildman–Crippen MR) is 134 cm³/mol. The Kier molecular flexibility index (Phi) is 8.56. The predicted octanol–water partition coefficient (Wildman–Crippen LogP) is 2.52. The van der Waals surface area contributed by atoms with Gasteiger partial charge in [-0.25, -0.2) is 4.79 Å². The molecule has 0 saturated heterocycles. The topological polar surface area (TPSA) is 126 Å². The fourth-order valence-corrected chi connectivity index (χ4v) is 4.53. The van der Waals surface area contributed by atoms with Crippen molar-refractivity contribution >= 4 is 17.5 Å². The molecule has 10 heteroatoms. The van der Waals surface area contributed by atoms with Crippen LogP contribution in [-0.2, 0) is 6.54 Å². The molecule has 1 amide bonds. The Balaban J connectivity index is 1.88. The van der Waals surface area contributed by atoms with E-state index in [0.29, 0.717) is 12.8 Å². The third kappa shape index (κ3) is 6.59. The lowest BCUT2D eigenvalue weighted by atomic mass is 9.81. The Morgan fingerprint density at radius 1 is 1.20 bits per heavy atom. The summed E-state index contributed by atoms with van der Waals surface area (Å²) in [6, 6.07) is 4.46. The van der Waals surface area contributed by atoms with Crippen molar-refractivity contribution in [1.29, 1.82) is 0 Å². The molecular formula is C25H35ClN4O5. The van der Waals surface area contributed by atoms with Crippen LogP contribution in [0.4, 0.5) is 0 Å². The molecular weight excluding hydrogens is 472 g/mol. The molecule has 192 valence electrons. The van der Waals surface area contributed by atoms with Crippen LogP contribution >= 0.6 is 11.6 Å². The fraction of sp³-hybridized carbons (Fsp3) is 0.600. The number of nitrogens with one attached hydrogen (secondary N) is 1. The van der Waals surface area contributed by atoms with E-state index in [0.717, 1.165) is 41.1 Å². The Labute approximate surface area is 209 Å². The number of hydrogen-bond donors (Lipinski definition) is 3. The molecule has 0 aliphatic heterocycles. The quantitative estimate of drug-likeness (QED) is 0.495. The lowest BCUT2D eigenvalue weighted by Gasteiger charge is -2.29. The largest absolute Gasteiger partial charge is 0.396 e. The average molecular weight is 507 g/mol. The second-order valence-corrected chi connectivity index (χ2v) is 10.9. The number of rotatable bonds is 7. The standard InChI is InChI=1S/C25H35ClN4O5/c1-24(2,3)17(15-31)14-29-21(32)13-28-30(23(29)34)18-8-9-20(26)19(12-18)22(33)27-16-25(35)10-6-4-5-7-11-25/h8-9,12-13,17,31,35H,4-7,10-11,14-16H2,1-3H3,(H,27,33). The van der Waals surface area contributed by atoms with Gasteiger partial charge in [-0.05, 0) is 36.5 Å². The van der Waals surface area contributed by atoms with E-state index in [1.165, 1.54) is 18.2 Å². The zero-order valence-electron chi connectivity index (χ0n) is 20.6. The third-order valence-corrected chi connectivity index (χ3v) is 7.19. The van der Waals surface area contributed by atoms with Gasteiger partial charge in [0.25, 0.3) is 11.5 Å². The SMILES string of the molecule is CC(C)(C)C(CO)Cn1c(=O)cnn(-c2ccc(Cl)c(C(=O)NCC3(O)CCCCCC3)c2)c1=O. The maximum absolute atomic E-state index is 13.2. The third-order valence-electron chi connectivity index (χ3n) is 6.86. The van der Waals surface area contributed by atoms with E-state index in [2.05, 4.69) is 10.4 Å². The maximum Gasteiger partial charge on any atom is 0.352 e. The summed E-state index contributed by atoms with van der Waals surface area (Å²) >= 11 is 6.28. The van der Waals surface area contributed by atoms with Crippen molar-refractivity contribution in [3.05, 3.63) is 55.8 Å². The van der Waals surface area contributed by atoms with Crippen LogP contribution in [-0.4, -0.2) is 49.2 Å². The van der Waals surface area contributed by atoms with E-state index >= 15 is 0 Å². The molecule has 35 heavy (non-hydrogen) atoms. The zero-order valence-corrected chi connectivity index (χ0v) is 21.3. The molecule has 1 unspecified atom stereocenters. The van der Waals surface area contributed by atoms with Crippen LogP contribution in [0.5, 0.6) is 0 Å². The summed E-state index contributed by atoms with van der Waals surface area (Å²) in [5.41, 5.74) is -2.12. The number of carbonyl (C=O) groups is 1. The van der Waals surface area contributed by atoms with Gasteiger partial charge < -0.3 is 15.5 Å². The van der Waals surface area contributed by atoms with E-state index in [1.807, 2.05) is 20.8 Å². The highest BCUT2D eigenvalue weighted by atomic mass is 35.5. The molecule has 1 fully saturated rings. The summed E-state index contributed by atoms with van der Waals surface area (Å²) in [5, 5.41) is 27.6. The molecule has 1 aliphatic carbocycles. The van der Waals surface area contributed by atoms with Gasteiger partial charge >= 0.3 is 5.69 Å². The molecule has 0 spiro atoms. The second-order valence-electron chi connectivity index (χ2n) is 10.5. The van der Waals surface area contributed by atoms with E-state index in [4.69, 9.17) is 11.6 Å². The van der Waals surface area contributed by atoms with Crippen molar-refractivity contribution < 1.29 is 15.0 Å². The minimum atomic E-state index is -0.944. The number of aliphatic hydroxyl groups is 2. The monoisotopic (exact) mass is 506 g/mol. The molecule has 9 nitrogen and oxygen atoms in total. The molecule has 1 aliphatic rings. The maximum atomic E-state index is 13.2. The summed E-state index contributed by atoms with van der Waals surface area (Å²) in [5.74, 6) is -0.797. The van der Waals surface area contributed by atoms with Crippen molar-refractivity contribution in [2.24, 2.45) is 11.3 Å². The van der Waals surface area contributed by atoms with Crippen LogP contribution in [0, 0.1) is 11.3 Å². The number of aromatic nitrogens is 3. The van der Waals surface area contributed by atoms with E-state index in [-0.39, 0.29) is 47.3 Å². The molecule has 1 aromatic heterocycles. The summed E-state index contributed by atoms with van der Waals surface area (Å²) in [6.07, 6.45) is 6.27. The Bertz CT molecular complexity index is 1160. The molecule has 0 bridgehead atoms. The van der Waals surface area contributed by atoms with Gasteiger partial charge in [-0.3, -0.25) is 14.2 Å². The van der Waals surface area contributed by atoms with Gasteiger partial charge in [-0.2, -0.15) is 9.78 Å². The first-order valence-corrected chi connectivity index (χ1v) is 12.4. The molecule has 3 rings (SSSR count). The van der Waals surface area contributed by atoms with Gasteiger partial charge in [0.1, 0.15) is 6.20 Å². The minimum absolute atomic E-state index is 0.0275. The van der Waals surface area contributed by atoms with Crippen LogP contribution in [0.2, 0.25) is 5.02 Å². The van der Waals surface area contributed by atoms with Crippen molar-refractivity contribution in [2.45, 2.75) is 71.4 Å². The van der Waals surface area contributed by atoms with Crippen LogP contribution in [0.15, 0.2) is 34.0 Å². The highest BCUT2D eigenvalue weighted by Gasteiger charge is 2.29. The van der Waals surface area contributed by atoms with Crippen molar-refractivity contribution in [2.75, 3.05) is 13.2 Å². The smallest absolute Gasteiger partial charge is 0.352 e. The van der Waals surface area contributed by atoms with Crippen molar-refractivity contribution in [3.63, 3.8) is 0 Å². The van der Waals surface area contributed by atoms with Crippen molar-refractivity contribution in [1.82, 2.24) is 19.7 Å². The van der Waals surface area contributed by atoms with E-state index in [9.17, 15) is 24.6 Å². The average Bonchev–Trinajstić information content (AvgIpc) is 3.02. The number of halogens is 1. The second kappa shape index (κ2) is 11.1. The van der Waals surface area contributed by atoms with Crippen LogP contribution in [0.1, 0.15) is 69.7 Å². The molecule has 1 atom stereocenters. The Morgan fingerprint density at radius 3 is 2.46 bits per heavy atom. The van der Waals surface area contributed by atoms with E-state index in [1.54, 1.807) is 0 Å². The number of carbonyl (C=O) groups excluding carboxylic acids is 1. The van der Waals surface area contributed by atoms with Gasteiger partial charge in [-0.15, -0.1) is 0 Å². The summed E-state index contributed by atoms with van der Waals surface area (Å²) < 4.78 is 2.07. The van der Waals surface area contributed by atoms with Crippen LogP contribution < -0.4 is 16.6 Å². The highest BCUT2D eigenvalue weighted by Crippen LogP contribution is 2.27. The summed E-state index contributed by atoms with van der Waals surface area (Å²) in [4.78, 5) is 38.5. The lowest BCUT2D eigenvalue weighted by molar-refractivity contribution is 0.0246. The zero-order chi connectivity index (χ0) is 25.8. The van der Waals surface area contributed by atoms with Gasteiger partial charge in [0.05, 0.1) is 21.9 Å². The Hall–Kier alpha value is -2.49. The van der Waals surface area contributed by atoms with Gasteiger partial charge in [0.2, 0.25) is 0 Å². The first kappa shape index (κ1) is 27.1. The van der Waals surface area contributed by atoms with E-state index < -0.39 is 22.8 Å². The lowest BCUT2D eigenvalue weighted by Crippen LogP contribution is -2.44. The molecule has 1 saturated carbocycles. The summed E-state index contributed by atoms with van der Waals surface area (Å²) in [6.45, 7) is 5.73. The molecule has 1 aromatic carbocycles. The molecule has 0 radical (unpaired) electrons. The fourth-order valence-electron chi connectivity index (χ4n) is 4.33. The van der Waals surface area contributed by atoms with Gasteiger partial charge in [0, 0.05) is 25.6 Å².